The average molecular weight is 267 g/mol. The molecule has 1 fully saturated rings. The van der Waals surface area contributed by atoms with Crippen LogP contribution >= 0.6 is 23.5 Å². The Hall–Kier alpha value is -0.610. The summed E-state index contributed by atoms with van der Waals surface area (Å²) in [4.78, 5) is 11.8. The van der Waals surface area contributed by atoms with Crippen LogP contribution in [0.5, 0.6) is 0 Å². The summed E-state index contributed by atoms with van der Waals surface area (Å²) in [5.41, 5.74) is 1.27. The van der Waals surface area contributed by atoms with Crippen LogP contribution in [0.3, 0.4) is 0 Å². The van der Waals surface area contributed by atoms with Crippen molar-refractivity contribution < 1.29 is 4.79 Å². The van der Waals surface area contributed by atoms with E-state index in [2.05, 4.69) is 17.4 Å². The quantitative estimate of drug-likeness (QED) is 0.909. The van der Waals surface area contributed by atoms with Crippen molar-refractivity contribution in [3.63, 3.8) is 0 Å². The van der Waals surface area contributed by atoms with E-state index >= 15 is 0 Å². The zero-order valence-electron chi connectivity index (χ0n) is 9.72. The minimum atomic E-state index is 0.111. The SMILES string of the molecule is O=C(NCCc1ccccc1)C1SCCCS1. The molecule has 1 saturated heterocycles. The Morgan fingerprint density at radius 3 is 2.65 bits per heavy atom. The fourth-order valence-electron chi connectivity index (χ4n) is 1.70. The fraction of sp³-hybridized carbons (Fsp3) is 0.462. The van der Waals surface area contributed by atoms with E-state index in [-0.39, 0.29) is 10.5 Å². The molecule has 1 aliphatic heterocycles. The summed E-state index contributed by atoms with van der Waals surface area (Å²) < 4.78 is 0.111. The second-order valence-corrected chi connectivity index (χ2v) is 6.68. The highest BCUT2D eigenvalue weighted by molar-refractivity contribution is 8.18. The summed E-state index contributed by atoms with van der Waals surface area (Å²) in [5, 5.41) is 3.02. The van der Waals surface area contributed by atoms with Gasteiger partial charge >= 0.3 is 0 Å². The van der Waals surface area contributed by atoms with Crippen molar-refractivity contribution in [1.82, 2.24) is 5.32 Å². The minimum Gasteiger partial charge on any atom is -0.354 e. The highest BCUT2D eigenvalue weighted by atomic mass is 32.2. The van der Waals surface area contributed by atoms with Crippen LogP contribution in [-0.4, -0.2) is 28.5 Å². The zero-order valence-corrected chi connectivity index (χ0v) is 11.4. The molecule has 1 N–H and O–H groups in total. The number of rotatable bonds is 4. The van der Waals surface area contributed by atoms with E-state index in [1.165, 1.54) is 12.0 Å². The van der Waals surface area contributed by atoms with Gasteiger partial charge in [0, 0.05) is 6.54 Å². The molecule has 92 valence electrons. The van der Waals surface area contributed by atoms with Crippen LogP contribution in [-0.2, 0) is 11.2 Å². The minimum absolute atomic E-state index is 0.111. The average Bonchev–Trinajstić information content (AvgIpc) is 2.41. The highest BCUT2D eigenvalue weighted by Gasteiger charge is 2.21. The fourth-order valence-corrected chi connectivity index (χ4v) is 4.36. The van der Waals surface area contributed by atoms with Crippen LogP contribution in [0.2, 0.25) is 0 Å². The number of thioether (sulfide) groups is 2. The van der Waals surface area contributed by atoms with Crippen molar-refractivity contribution >= 4 is 29.4 Å². The smallest absolute Gasteiger partial charge is 0.243 e. The van der Waals surface area contributed by atoms with Crippen LogP contribution in [0.4, 0.5) is 0 Å². The molecule has 1 heterocycles. The summed E-state index contributed by atoms with van der Waals surface area (Å²) in [5.74, 6) is 2.42. The number of amides is 1. The lowest BCUT2D eigenvalue weighted by Crippen LogP contribution is -2.33. The topological polar surface area (TPSA) is 29.1 Å². The lowest BCUT2D eigenvalue weighted by Gasteiger charge is -2.19. The normalized spacial score (nSPS) is 16.7. The van der Waals surface area contributed by atoms with Gasteiger partial charge in [-0.05, 0) is 29.9 Å². The van der Waals surface area contributed by atoms with Gasteiger partial charge < -0.3 is 5.32 Å². The molecule has 0 spiro atoms. The van der Waals surface area contributed by atoms with Gasteiger partial charge in [-0.15, -0.1) is 23.5 Å². The van der Waals surface area contributed by atoms with Crippen LogP contribution in [0.15, 0.2) is 30.3 Å². The lowest BCUT2D eigenvalue weighted by molar-refractivity contribution is -0.119. The number of hydrogen-bond donors (Lipinski definition) is 1. The Kier molecular flexibility index (Phi) is 5.26. The number of carbonyl (C=O) groups is 1. The first-order valence-corrected chi connectivity index (χ1v) is 8.01. The van der Waals surface area contributed by atoms with Crippen LogP contribution in [0, 0.1) is 0 Å². The van der Waals surface area contributed by atoms with Crippen molar-refractivity contribution in [2.45, 2.75) is 17.4 Å². The highest BCUT2D eigenvalue weighted by Crippen LogP contribution is 2.30. The Morgan fingerprint density at radius 1 is 1.24 bits per heavy atom. The van der Waals surface area contributed by atoms with Gasteiger partial charge in [0.1, 0.15) is 4.58 Å². The Balaban J connectivity index is 1.69. The van der Waals surface area contributed by atoms with E-state index in [0.717, 1.165) is 24.5 Å². The van der Waals surface area contributed by atoms with Gasteiger partial charge in [0.05, 0.1) is 0 Å². The molecule has 0 atom stereocenters. The summed E-state index contributed by atoms with van der Waals surface area (Å²) in [6.07, 6.45) is 2.14. The van der Waals surface area contributed by atoms with E-state index in [9.17, 15) is 4.79 Å². The molecule has 0 aromatic heterocycles. The lowest BCUT2D eigenvalue weighted by atomic mass is 10.1. The van der Waals surface area contributed by atoms with Gasteiger partial charge in [0.15, 0.2) is 0 Å². The molecule has 4 heteroatoms. The first-order valence-electron chi connectivity index (χ1n) is 5.91. The molecule has 0 radical (unpaired) electrons. The molecule has 1 amide bonds. The second kappa shape index (κ2) is 6.97. The molecule has 2 rings (SSSR count). The van der Waals surface area contributed by atoms with E-state index < -0.39 is 0 Å². The maximum absolute atomic E-state index is 11.8. The third kappa shape index (κ3) is 4.28. The molecular weight excluding hydrogens is 250 g/mol. The van der Waals surface area contributed by atoms with Crippen LogP contribution in [0.25, 0.3) is 0 Å². The van der Waals surface area contributed by atoms with Crippen molar-refractivity contribution in [2.24, 2.45) is 0 Å². The molecule has 2 nitrogen and oxygen atoms in total. The van der Waals surface area contributed by atoms with Crippen molar-refractivity contribution in [1.29, 1.82) is 0 Å². The first-order chi connectivity index (χ1) is 8.36. The molecule has 0 unspecified atom stereocenters. The molecule has 0 aliphatic carbocycles. The Bertz CT molecular complexity index is 350. The maximum atomic E-state index is 11.8. The summed E-state index contributed by atoms with van der Waals surface area (Å²) in [6.45, 7) is 0.737. The van der Waals surface area contributed by atoms with Gasteiger partial charge in [-0.25, -0.2) is 0 Å². The molecule has 17 heavy (non-hydrogen) atoms. The largest absolute Gasteiger partial charge is 0.354 e. The molecular formula is C13H17NOS2. The van der Waals surface area contributed by atoms with Crippen LogP contribution < -0.4 is 5.32 Å². The third-order valence-electron chi connectivity index (χ3n) is 2.60. The molecule has 0 bridgehead atoms. The van der Waals surface area contributed by atoms with E-state index in [0.29, 0.717) is 0 Å². The van der Waals surface area contributed by atoms with E-state index in [1.807, 2.05) is 18.2 Å². The molecule has 1 aromatic carbocycles. The van der Waals surface area contributed by atoms with Gasteiger partial charge in [-0.2, -0.15) is 0 Å². The number of carbonyl (C=O) groups excluding carboxylic acids is 1. The Morgan fingerprint density at radius 2 is 1.94 bits per heavy atom. The van der Waals surface area contributed by atoms with Crippen molar-refractivity contribution in [3.05, 3.63) is 35.9 Å². The predicted octanol–water partition coefficient (Wildman–Crippen LogP) is 2.54. The molecule has 1 aromatic rings. The second-order valence-electron chi connectivity index (χ2n) is 3.95. The standard InChI is InChI=1S/C13H17NOS2/c15-12(13-16-9-4-10-17-13)14-8-7-11-5-2-1-3-6-11/h1-3,5-6,13H,4,7-10H2,(H,14,15). The monoisotopic (exact) mass is 267 g/mol. The number of hydrogen-bond acceptors (Lipinski definition) is 3. The predicted molar refractivity (Wildman–Crippen MR) is 76.5 cm³/mol. The van der Waals surface area contributed by atoms with Gasteiger partial charge in [-0.1, -0.05) is 30.3 Å². The first kappa shape index (κ1) is 12.8. The third-order valence-corrected chi connectivity index (χ3v) is 5.50. The Labute approximate surface area is 111 Å². The number of nitrogens with one attached hydrogen (secondary N) is 1. The van der Waals surface area contributed by atoms with Gasteiger partial charge in [0.2, 0.25) is 5.91 Å². The van der Waals surface area contributed by atoms with E-state index in [4.69, 9.17) is 0 Å². The van der Waals surface area contributed by atoms with Crippen LogP contribution in [0.1, 0.15) is 12.0 Å². The zero-order chi connectivity index (χ0) is 11.9. The van der Waals surface area contributed by atoms with E-state index in [1.54, 1.807) is 23.5 Å². The van der Waals surface area contributed by atoms with Crippen molar-refractivity contribution in [3.8, 4) is 0 Å². The summed E-state index contributed by atoms with van der Waals surface area (Å²) in [6, 6.07) is 10.3. The molecule has 1 aliphatic rings. The van der Waals surface area contributed by atoms with Crippen molar-refractivity contribution in [2.75, 3.05) is 18.1 Å². The molecule has 0 saturated carbocycles. The maximum Gasteiger partial charge on any atom is 0.243 e. The number of benzene rings is 1. The summed E-state index contributed by atoms with van der Waals surface area (Å²) in [7, 11) is 0. The summed E-state index contributed by atoms with van der Waals surface area (Å²) >= 11 is 3.54. The van der Waals surface area contributed by atoms with Gasteiger partial charge in [0.25, 0.3) is 0 Å². The van der Waals surface area contributed by atoms with Gasteiger partial charge in [-0.3, -0.25) is 4.79 Å².